The Morgan fingerprint density at radius 3 is 2.63 bits per heavy atom. The summed E-state index contributed by atoms with van der Waals surface area (Å²) in [6.45, 7) is -0.183. The van der Waals surface area contributed by atoms with Gasteiger partial charge in [0.05, 0.1) is 11.5 Å². The molecule has 0 radical (unpaired) electrons. The Morgan fingerprint density at radius 1 is 1.42 bits per heavy atom. The van der Waals surface area contributed by atoms with Crippen LogP contribution >= 0.6 is 0 Å². The van der Waals surface area contributed by atoms with Crippen LogP contribution in [-0.4, -0.2) is 30.3 Å². The number of nitro groups is 1. The summed E-state index contributed by atoms with van der Waals surface area (Å²) in [5, 5.41) is 15.4. The predicted octanol–water partition coefficient (Wildman–Crippen LogP) is -0.644. The van der Waals surface area contributed by atoms with Crippen molar-refractivity contribution in [3.8, 4) is 0 Å². The van der Waals surface area contributed by atoms with E-state index in [1.807, 2.05) is 0 Å². The number of carbonyl (C=O) groups is 2. The Bertz CT molecular complexity index is 517. The maximum Gasteiger partial charge on any atom is 0.293 e. The third kappa shape index (κ3) is 3.64. The van der Waals surface area contributed by atoms with Crippen LogP contribution in [-0.2, 0) is 4.79 Å². The van der Waals surface area contributed by atoms with E-state index in [2.05, 4.69) is 16.1 Å². The highest BCUT2D eigenvalue weighted by Crippen LogP contribution is 2.24. The van der Waals surface area contributed by atoms with Gasteiger partial charge in [0.25, 0.3) is 11.6 Å². The monoisotopic (exact) mass is 267 g/mol. The molecule has 1 rings (SSSR count). The number of nitrogen functional groups attached to an aromatic ring is 1. The fraction of sp³-hybridized carbons (Fsp3) is 0.200. The van der Waals surface area contributed by atoms with E-state index >= 15 is 0 Å². The summed E-state index contributed by atoms with van der Waals surface area (Å²) < 4.78 is 0. The van der Waals surface area contributed by atoms with Gasteiger partial charge in [-0.2, -0.15) is 0 Å². The minimum atomic E-state index is -0.624. The topological polar surface area (TPSA) is 139 Å². The van der Waals surface area contributed by atoms with Crippen molar-refractivity contribution >= 4 is 23.2 Å². The molecule has 0 saturated carbocycles. The smallest absolute Gasteiger partial charge is 0.293 e. The first kappa shape index (κ1) is 14.4. The van der Waals surface area contributed by atoms with Crippen LogP contribution in [0.3, 0.4) is 0 Å². The number of hydrogen-bond donors (Lipinski definition) is 4. The van der Waals surface area contributed by atoms with Crippen LogP contribution in [0.15, 0.2) is 18.2 Å². The Balaban J connectivity index is 2.87. The largest absolute Gasteiger partial charge is 0.358 e. The predicted molar refractivity (Wildman–Crippen MR) is 67.3 cm³/mol. The second kappa shape index (κ2) is 6.31. The lowest BCUT2D eigenvalue weighted by Gasteiger charge is -2.06. The molecule has 0 atom stereocenters. The van der Waals surface area contributed by atoms with E-state index in [9.17, 15) is 19.7 Å². The number of nitrogens with zero attached hydrogens (tertiary/aromatic N) is 1. The van der Waals surface area contributed by atoms with E-state index in [0.29, 0.717) is 0 Å². The summed E-state index contributed by atoms with van der Waals surface area (Å²) in [7, 11) is 1.44. The molecule has 0 aliphatic rings. The average molecular weight is 267 g/mol. The Morgan fingerprint density at radius 2 is 2.11 bits per heavy atom. The van der Waals surface area contributed by atoms with Gasteiger partial charge in [0, 0.05) is 18.7 Å². The lowest BCUT2D eigenvalue weighted by atomic mass is 10.1. The standard InChI is InChI=1S/C10H13N5O4/c1-12-9(16)5-13-10(17)6-2-3-8(15(18)19)7(4-6)14-11/h2-4,14H,5,11H2,1H3,(H,12,16)(H,13,17). The van der Waals surface area contributed by atoms with Gasteiger partial charge in [0.1, 0.15) is 5.69 Å². The first-order valence-corrected chi connectivity index (χ1v) is 5.23. The molecule has 0 bridgehead atoms. The van der Waals surface area contributed by atoms with Crippen LogP contribution in [0, 0.1) is 10.1 Å². The minimum Gasteiger partial charge on any atom is -0.358 e. The fourth-order valence-electron chi connectivity index (χ4n) is 1.30. The maximum atomic E-state index is 11.7. The molecule has 1 aromatic carbocycles. The van der Waals surface area contributed by atoms with E-state index in [4.69, 9.17) is 5.84 Å². The molecule has 0 spiro atoms. The van der Waals surface area contributed by atoms with Crippen LogP contribution in [0.2, 0.25) is 0 Å². The van der Waals surface area contributed by atoms with Gasteiger partial charge in [0.2, 0.25) is 5.91 Å². The first-order valence-electron chi connectivity index (χ1n) is 5.23. The second-order valence-corrected chi connectivity index (χ2v) is 3.49. The SMILES string of the molecule is CNC(=O)CNC(=O)c1ccc([N+](=O)[O-])c(NN)c1. The number of anilines is 1. The normalized spacial score (nSPS) is 9.58. The molecule has 0 aromatic heterocycles. The van der Waals surface area contributed by atoms with Crippen LogP contribution in [0.5, 0.6) is 0 Å². The van der Waals surface area contributed by atoms with Gasteiger partial charge in [-0.3, -0.25) is 25.5 Å². The number of nitrogens with two attached hydrogens (primary N) is 1. The van der Waals surface area contributed by atoms with Gasteiger partial charge in [-0.15, -0.1) is 0 Å². The number of amides is 2. The van der Waals surface area contributed by atoms with E-state index in [-0.39, 0.29) is 29.4 Å². The number of benzene rings is 1. The summed E-state index contributed by atoms with van der Waals surface area (Å²) in [5.41, 5.74) is 2.07. The van der Waals surface area contributed by atoms with Crippen LogP contribution < -0.4 is 21.9 Å². The van der Waals surface area contributed by atoms with Gasteiger partial charge in [-0.25, -0.2) is 0 Å². The lowest BCUT2D eigenvalue weighted by Crippen LogP contribution is -2.35. The Hall–Kier alpha value is -2.68. The molecular formula is C10H13N5O4. The van der Waals surface area contributed by atoms with Gasteiger partial charge in [-0.1, -0.05) is 0 Å². The zero-order chi connectivity index (χ0) is 14.4. The molecule has 0 unspecified atom stereocenters. The van der Waals surface area contributed by atoms with Crippen molar-refractivity contribution < 1.29 is 14.5 Å². The fourth-order valence-corrected chi connectivity index (χ4v) is 1.30. The molecule has 0 heterocycles. The summed E-state index contributed by atoms with van der Waals surface area (Å²) in [4.78, 5) is 32.7. The van der Waals surface area contributed by atoms with Crippen LogP contribution in [0.1, 0.15) is 10.4 Å². The van der Waals surface area contributed by atoms with Crippen molar-refractivity contribution in [1.82, 2.24) is 10.6 Å². The van der Waals surface area contributed by atoms with Gasteiger partial charge < -0.3 is 16.1 Å². The van der Waals surface area contributed by atoms with Crippen molar-refractivity contribution in [1.29, 1.82) is 0 Å². The molecule has 2 amide bonds. The zero-order valence-corrected chi connectivity index (χ0v) is 10.1. The number of rotatable bonds is 5. The molecule has 0 aliphatic carbocycles. The van der Waals surface area contributed by atoms with Crippen molar-refractivity contribution in [3.05, 3.63) is 33.9 Å². The van der Waals surface area contributed by atoms with Gasteiger partial charge in [0.15, 0.2) is 0 Å². The quantitative estimate of drug-likeness (QED) is 0.318. The van der Waals surface area contributed by atoms with E-state index in [1.165, 1.54) is 19.2 Å². The molecule has 1 aromatic rings. The van der Waals surface area contributed by atoms with Gasteiger partial charge >= 0.3 is 0 Å². The number of nitrogens with one attached hydrogen (secondary N) is 3. The van der Waals surface area contributed by atoms with Crippen LogP contribution in [0.4, 0.5) is 11.4 Å². The number of carbonyl (C=O) groups excluding carboxylic acids is 2. The first-order chi connectivity index (χ1) is 8.99. The van der Waals surface area contributed by atoms with E-state index in [1.54, 1.807) is 0 Å². The van der Waals surface area contributed by atoms with Crippen LogP contribution in [0.25, 0.3) is 0 Å². The third-order valence-electron chi connectivity index (χ3n) is 2.30. The number of likely N-dealkylation sites (N-methyl/N-ethyl adjacent to an activating group) is 1. The molecule has 0 aliphatic heterocycles. The molecule has 9 nitrogen and oxygen atoms in total. The summed E-state index contributed by atoms with van der Waals surface area (Å²) in [6, 6.07) is 3.67. The Labute approximate surface area is 108 Å². The van der Waals surface area contributed by atoms with Crippen molar-refractivity contribution in [2.75, 3.05) is 19.0 Å². The zero-order valence-electron chi connectivity index (χ0n) is 10.1. The lowest BCUT2D eigenvalue weighted by molar-refractivity contribution is -0.384. The third-order valence-corrected chi connectivity index (χ3v) is 2.30. The molecule has 0 saturated heterocycles. The minimum absolute atomic E-state index is 0.0117. The van der Waals surface area contributed by atoms with Crippen molar-refractivity contribution in [3.63, 3.8) is 0 Å². The number of hydrazine groups is 1. The molecular weight excluding hydrogens is 254 g/mol. The highest BCUT2D eigenvalue weighted by atomic mass is 16.6. The summed E-state index contributed by atoms with van der Waals surface area (Å²) >= 11 is 0. The molecule has 102 valence electrons. The summed E-state index contributed by atoms with van der Waals surface area (Å²) in [6.07, 6.45) is 0. The number of hydrogen-bond acceptors (Lipinski definition) is 6. The molecule has 0 fully saturated rings. The summed E-state index contributed by atoms with van der Waals surface area (Å²) in [5.74, 6) is 4.26. The molecule has 9 heteroatoms. The Kier molecular flexibility index (Phi) is 4.77. The second-order valence-electron chi connectivity index (χ2n) is 3.49. The van der Waals surface area contributed by atoms with E-state index in [0.717, 1.165) is 6.07 Å². The molecule has 5 N–H and O–H groups in total. The number of nitro benzene ring substituents is 1. The molecule has 19 heavy (non-hydrogen) atoms. The maximum absolute atomic E-state index is 11.7. The average Bonchev–Trinajstić information content (AvgIpc) is 2.43. The van der Waals surface area contributed by atoms with Gasteiger partial charge in [-0.05, 0) is 12.1 Å². The highest BCUT2D eigenvalue weighted by Gasteiger charge is 2.16. The highest BCUT2D eigenvalue weighted by molar-refractivity contribution is 5.97. The van der Waals surface area contributed by atoms with Crippen molar-refractivity contribution in [2.45, 2.75) is 0 Å². The van der Waals surface area contributed by atoms with E-state index < -0.39 is 10.8 Å². The van der Waals surface area contributed by atoms with Crippen molar-refractivity contribution in [2.24, 2.45) is 5.84 Å².